The van der Waals surface area contributed by atoms with Crippen LogP contribution in [0, 0.1) is 0 Å². The summed E-state index contributed by atoms with van der Waals surface area (Å²) in [7, 11) is 1.42. The van der Waals surface area contributed by atoms with Crippen LogP contribution in [0.25, 0.3) is 0 Å². The van der Waals surface area contributed by atoms with Gasteiger partial charge in [0, 0.05) is 23.3 Å². The van der Waals surface area contributed by atoms with Gasteiger partial charge in [0.2, 0.25) is 0 Å². The van der Waals surface area contributed by atoms with E-state index in [-0.39, 0.29) is 11.5 Å². The molecule has 94 valence electrons. The highest BCUT2D eigenvalue weighted by atomic mass is 32.1. The van der Waals surface area contributed by atoms with Gasteiger partial charge >= 0.3 is 6.09 Å². The number of hydrogen-bond acceptors (Lipinski definition) is 4. The largest absolute Gasteiger partial charge is 0.453 e. The van der Waals surface area contributed by atoms with Crippen LogP contribution < -0.4 is 0 Å². The molecule has 0 radical (unpaired) electrons. The zero-order valence-electron chi connectivity index (χ0n) is 10.7. The van der Waals surface area contributed by atoms with E-state index >= 15 is 0 Å². The average Bonchev–Trinajstić information content (AvgIpc) is 2.70. The number of nitrogens with zero attached hydrogens (tertiary/aromatic N) is 2. The van der Waals surface area contributed by atoms with Gasteiger partial charge in [-0.1, -0.05) is 20.8 Å². The Balaban J connectivity index is 2.21. The number of ether oxygens (including phenoxy) is 1. The summed E-state index contributed by atoms with van der Waals surface area (Å²) in [5.74, 6) is 0. The lowest BCUT2D eigenvalue weighted by atomic mass is 9.98. The Morgan fingerprint density at radius 2 is 2.18 bits per heavy atom. The van der Waals surface area contributed by atoms with E-state index in [0.717, 1.165) is 17.1 Å². The number of thiazole rings is 1. The Labute approximate surface area is 106 Å². The maximum absolute atomic E-state index is 11.5. The molecule has 0 fully saturated rings. The normalized spacial score (nSPS) is 15.6. The van der Waals surface area contributed by atoms with Crippen molar-refractivity contribution in [1.82, 2.24) is 9.88 Å². The van der Waals surface area contributed by atoms with E-state index < -0.39 is 0 Å². The van der Waals surface area contributed by atoms with Crippen molar-refractivity contribution in [2.24, 2.45) is 0 Å². The van der Waals surface area contributed by atoms with Crippen LogP contribution in [0.15, 0.2) is 0 Å². The summed E-state index contributed by atoms with van der Waals surface area (Å²) in [6.07, 6.45) is 0.582. The molecule has 0 saturated heterocycles. The zero-order valence-corrected chi connectivity index (χ0v) is 11.6. The highest BCUT2D eigenvalue weighted by molar-refractivity contribution is 7.11. The predicted molar refractivity (Wildman–Crippen MR) is 67.3 cm³/mol. The molecule has 0 spiro atoms. The Morgan fingerprint density at radius 1 is 1.47 bits per heavy atom. The van der Waals surface area contributed by atoms with Crippen molar-refractivity contribution in [1.29, 1.82) is 0 Å². The van der Waals surface area contributed by atoms with Gasteiger partial charge in [-0.2, -0.15) is 0 Å². The standard InChI is InChI=1S/C12H18N2O2S/c1-12(2,3)10-13-8-5-6-14(11(15)16-4)7-9(8)17-10/h5-7H2,1-4H3. The molecule has 0 aromatic carbocycles. The van der Waals surface area contributed by atoms with Gasteiger partial charge in [0.15, 0.2) is 0 Å². The molecule has 17 heavy (non-hydrogen) atoms. The van der Waals surface area contributed by atoms with E-state index in [1.54, 1.807) is 16.2 Å². The maximum Gasteiger partial charge on any atom is 0.409 e. The molecule has 0 saturated carbocycles. The summed E-state index contributed by atoms with van der Waals surface area (Å²) >= 11 is 1.71. The van der Waals surface area contributed by atoms with Gasteiger partial charge in [0.05, 0.1) is 24.4 Å². The Hall–Kier alpha value is -1.10. The first-order valence-corrected chi connectivity index (χ1v) is 6.55. The lowest BCUT2D eigenvalue weighted by molar-refractivity contribution is 0.119. The molecule has 1 aromatic heterocycles. The van der Waals surface area contributed by atoms with Gasteiger partial charge in [-0.05, 0) is 0 Å². The van der Waals surface area contributed by atoms with E-state index in [2.05, 4.69) is 25.8 Å². The van der Waals surface area contributed by atoms with Crippen molar-refractivity contribution in [3.05, 3.63) is 15.6 Å². The number of carbonyl (C=O) groups is 1. The van der Waals surface area contributed by atoms with Crippen LogP contribution in [0.1, 0.15) is 36.3 Å². The molecule has 1 aromatic rings. The number of methoxy groups -OCH3 is 1. The first kappa shape index (κ1) is 12.4. The second kappa shape index (κ2) is 4.29. The van der Waals surface area contributed by atoms with Crippen molar-refractivity contribution in [2.45, 2.75) is 39.2 Å². The van der Waals surface area contributed by atoms with Gasteiger partial charge in [0.25, 0.3) is 0 Å². The molecule has 2 heterocycles. The maximum atomic E-state index is 11.5. The smallest absolute Gasteiger partial charge is 0.409 e. The van der Waals surface area contributed by atoms with E-state index in [0.29, 0.717) is 13.1 Å². The quantitative estimate of drug-likeness (QED) is 0.714. The minimum absolute atomic E-state index is 0.0815. The number of hydrogen-bond donors (Lipinski definition) is 0. The number of rotatable bonds is 0. The van der Waals surface area contributed by atoms with Gasteiger partial charge in [-0.15, -0.1) is 11.3 Å². The summed E-state index contributed by atoms with van der Waals surface area (Å²) in [4.78, 5) is 19.1. The molecule has 1 amide bonds. The number of amides is 1. The molecule has 0 bridgehead atoms. The van der Waals surface area contributed by atoms with Crippen LogP contribution in [0.4, 0.5) is 4.79 Å². The zero-order chi connectivity index (χ0) is 12.6. The first-order chi connectivity index (χ1) is 7.91. The molecule has 2 rings (SSSR count). The highest BCUT2D eigenvalue weighted by Crippen LogP contribution is 2.32. The van der Waals surface area contributed by atoms with Gasteiger partial charge < -0.3 is 9.64 Å². The molecule has 5 heteroatoms. The van der Waals surface area contributed by atoms with Crippen LogP contribution in [0.2, 0.25) is 0 Å². The molecule has 0 unspecified atom stereocenters. The molecule has 0 atom stereocenters. The highest BCUT2D eigenvalue weighted by Gasteiger charge is 2.27. The topological polar surface area (TPSA) is 42.4 Å². The summed E-state index contributed by atoms with van der Waals surface area (Å²) < 4.78 is 4.75. The Bertz CT molecular complexity index is 434. The van der Waals surface area contributed by atoms with Crippen LogP contribution in [-0.2, 0) is 23.1 Å². The molecular formula is C12H18N2O2S. The summed E-state index contributed by atoms with van der Waals surface area (Å²) in [6, 6.07) is 0. The van der Waals surface area contributed by atoms with E-state index in [4.69, 9.17) is 4.74 Å². The second-order valence-electron chi connectivity index (χ2n) is 5.28. The summed E-state index contributed by atoms with van der Waals surface area (Å²) in [5.41, 5.74) is 1.23. The van der Waals surface area contributed by atoms with Crippen LogP contribution in [-0.4, -0.2) is 29.6 Å². The monoisotopic (exact) mass is 254 g/mol. The van der Waals surface area contributed by atoms with Gasteiger partial charge in [-0.3, -0.25) is 0 Å². The minimum atomic E-state index is -0.249. The third kappa shape index (κ3) is 2.44. The Kier molecular flexibility index (Phi) is 3.12. The molecule has 1 aliphatic heterocycles. The lowest BCUT2D eigenvalue weighted by Gasteiger charge is -2.24. The predicted octanol–water partition coefficient (Wildman–Crippen LogP) is 2.57. The summed E-state index contributed by atoms with van der Waals surface area (Å²) in [6.45, 7) is 7.82. The number of fused-ring (bicyclic) bond motifs is 1. The molecular weight excluding hydrogens is 236 g/mol. The third-order valence-corrected chi connectivity index (χ3v) is 4.31. The van der Waals surface area contributed by atoms with Gasteiger partial charge in [-0.25, -0.2) is 9.78 Å². The van der Waals surface area contributed by atoms with Crippen LogP contribution in [0.5, 0.6) is 0 Å². The van der Waals surface area contributed by atoms with Gasteiger partial charge in [0.1, 0.15) is 0 Å². The van der Waals surface area contributed by atoms with Crippen molar-refractivity contribution >= 4 is 17.4 Å². The molecule has 0 aliphatic carbocycles. The molecule has 0 N–H and O–H groups in total. The van der Waals surface area contributed by atoms with E-state index in [1.807, 2.05) is 0 Å². The minimum Gasteiger partial charge on any atom is -0.453 e. The summed E-state index contributed by atoms with van der Waals surface area (Å²) in [5, 5.41) is 1.15. The van der Waals surface area contributed by atoms with Crippen molar-refractivity contribution in [3.63, 3.8) is 0 Å². The third-order valence-electron chi connectivity index (χ3n) is 2.81. The van der Waals surface area contributed by atoms with Crippen LogP contribution >= 0.6 is 11.3 Å². The lowest BCUT2D eigenvalue weighted by Crippen LogP contribution is -2.35. The average molecular weight is 254 g/mol. The fourth-order valence-corrected chi connectivity index (χ4v) is 2.98. The van der Waals surface area contributed by atoms with Crippen molar-refractivity contribution < 1.29 is 9.53 Å². The first-order valence-electron chi connectivity index (χ1n) is 5.74. The second-order valence-corrected chi connectivity index (χ2v) is 6.36. The fraction of sp³-hybridized carbons (Fsp3) is 0.667. The van der Waals surface area contributed by atoms with E-state index in [9.17, 15) is 4.79 Å². The molecule has 1 aliphatic rings. The SMILES string of the molecule is COC(=O)N1CCc2nc(C(C)(C)C)sc2C1. The van der Waals surface area contributed by atoms with Crippen molar-refractivity contribution in [3.8, 4) is 0 Å². The number of aromatic nitrogens is 1. The van der Waals surface area contributed by atoms with Crippen LogP contribution in [0.3, 0.4) is 0 Å². The molecule has 4 nitrogen and oxygen atoms in total. The van der Waals surface area contributed by atoms with E-state index in [1.165, 1.54) is 12.0 Å². The Morgan fingerprint density at radius 3 is 2.76 bits per heavy atom. The van der Waals surface area contributed by atoms with Crippen molar-refractivity contribution in [2.75, 3.05) is 13.7 Å². The number of carbonyl (C=O) groups excluding carboxylic acids is 1. The fourth-order valence-electron chi connectivity index (χ4n) is 1.80.